The van der Waals surface area contributed by atoms with Crippen molar-refractivity contribution in [1.29, 1.82) is 0 Å². The Hall–Kier alpha value is -0.170. The third-order valence-corrected chi connectivity index (χ3v) is 6.03. The highest BCUT2D eigenvalue weighted by Crippen LogP contribution is 2.19. The van der Waals surface area contributed by atoms with E-state index in [1.54, 1.807) is 0 Å². The molecule has 2 rings (SSSR count). The van der Waals surface area contributed by atoms with Gasteiger partial charge in [0.1, 0.15) is 0 Å². The van der Waals surface area contributed by atoms with E-state index in [0.29, 0.717) is 11.5 Å². The first-order chi connectivity index (χ1) is 9.11. The first-order valence-corrected chi connectivity index (χ1v) is 9.30. The van der Waals surface area contributed by atoms with E-state index in [-0.39, 0.29) is 6.04 Å². The van der Waals surface area contributed by atoms with E-state index in [2.05, 4.69) is 9.80 Å². The van der Waals surface area contributed by atoms with Gasteiger partial charge in [0.2, 0.25) is 0 Å². The number of rotatable bonds is 5. The summed E-state index contributed by atoms with van der Waals surface area (Å²) < 4.78 is 23.1. The van der Waals surface area contributed by atoms with Crippen LogP contribution in [-0.4, -0.2) is 75.0 Å². The summed E-state index contributed by atoms with van der Waals surface area (Å²) in [4.78, 5) is 4.90. The van der Waals surface area contributed by atoms with Gasteiger partial charge in [-0.2, -0.15) is 0 Å². The summed E-state index contributed by atoms with van der Waals surface area (Å²) in [5, 5.41) is 0. The van der Waals surface area contributed by atoms with Gasteiger partial charge >= 0.3 is 0 Å². The van der Waals surface area contributed by atoms with Crippen molar-refractivity contribution in [3.63, 3.8) is 0 Å². The Morgan fingerprint density at radius 3 is 2.63 bits per heavy atom. The highest BCUT2D eigenvalue weighted by atomic mass is 32.2. The molecule has 0 radical (unpaired) electrons. The van der Waals surface area contributed by atoms with Crippen LogP contribution in [-0.2, 0) is 9.84 Å². The third kappa shape index (κ3) is 4.70. The van der Waals surface area contributed by atoms with Crippen molar-refractivity contribution >= 4 is 9.84 Å². The largest absolute Gasteiger partial charge is 0.330 e. The van der Waals surface area contributed by atoms with Gasteiger partial charge in [-0.05, 0) is 51.9 Å². The zero-order chi connectivity index (χ0) is 13.7. The van der Waals surface area contributed by atoms with Crippen LogP contribution in [0.5, 0.6) is 0 Å². The van der Waals surface area contributed by atoms with Crippen LogP contribution in [0.25, 0.3) is 0 Å². The van der Waals surface area contributed by atoms with Crippen LogP contribution in [0.15, 0.2) is 0 Å². The first kappa shape index (κ1) is 15.2. The average Bonchev–Trinajstić information content (AvgIpc) is 2.60. The summed E-state index contributed by atoms with van der Waals surface area (Å²) >= 11 is 0. The van der Waals surface area contributed by atoms with E-state index in [4.69, 9.17) is 5.73 Å². The molecule has 2 aliphatic heterocycles. The third-order valence-electron chi connectivity index (χ3n) is 4.28. The van der Waals surface area contributed by atoms with Crippen LogP contribution >= 0.6 is 0 Å². The van der Waals surface area contributed by atoms with Crippen molar-refractivity contribution in [2.75, 3.05) is 50.8 Å². The molecule has 19 heavy (non-hydrogen) atoms. The predicted molar refractivity (Wildman–Crippen MR) is 78.0 cm³/mol. The molecule has 5 nitrogen and oxygen atoms in total. The van der Waals surface area contributed by atoms with Crippen LogP contribution in [0.1, 0.15) is 25.7 Å². The van der Waals surface area contributed by atoms with Gasteiger partial charge in [-0.15, -0.1) is 0 Å². The van der Waals surface area contributed by atoms with Gasteiger partial charge in [-0.3, -0.25) is 4.90 Å². The molecular formula is C13H27N3O2S. The summed E-state index contributed by atoms with van der Waals surface area (Å²) in [6.07, 6.45) is 4.25. The van der Waals surface area contributed by atoms with Gasteiger partial charge in [-0.25, -0.2) is 8.42 Å². The molecule has 2 saturated heterocycles. The maximum atomic E-state index is 11.6. The number of nitrogens with two attached hydrogens (primary N) is 1. The fraction of sp³-hybridized carbons (Fsp3) is 1.00. The molecule has 0 bridgehead atoms. The summed E-state index contributed by atoms with van der Waals surface area (Å²) in [7, 11) is -2.76. The molecule has 1 atom stereocenters. The number of nitrogens with zero attached hydrogens (tertiary/aromatic N) is 2. The van der Waals surface area contributed by atoms with Crippen LogP contribution < -0.4 is 5.73 Å². The maximum absolute atomic E-state index is 11.6. The van der Waals surface area contributed by atoms with Crippen LogP contribution in [0.4, 0.5) is 0 Å². The molecule has 0 amide bonds. The second-order valence-corrected chi connectivity index (χ2v) is 8.01. The van der Waals surface area contributed by atoms with Gasteiger partial charge in [-0.1, -0.05) is 0 Å². The lowest BCUT2D eigenvalue weighted by atomic mass is 10.2. The van der Waals surface area contributed by atoms with Crippen molar-refractivity contribution in [3.05, 3.63) is 0 Å². The Morgan fingerprint density at radius 2 is 1.95 bits per heavy atom. The number of sulfone groups is 1. The van der Waals surface area contributed by atoms with Gasteiger partial charge < -0.3 is 10.6 Å². The minimum Gasteiger partial charge on any atom is -0.330 e. The van der Waals surface area contributed by atoms with Crippen LogP contribution in [0, 0.1) is 0 Å². The van der Waals surface area contributed by atoms with Crippen molar-refractivity contribution in [1.82, 2.24) is 9.80 Å². The number of hydrogen-bond acceptors (Lipinski definition) is 5. The highest BCUT2D eigenvalue weighted by Gasteiger charge is 2.32. The lowest BCUT2D eigenvalue weighted by molar-refractivity contribution is 0.211. The minimum absolute atomic E-state index is 0.272. The zero-order valence-corrected chi connectivity index (χ0v) is 12.6. The molecule has 0 aromatic carbocycles. The fourth-order valence-corrected chi connectivity index (χ4v) is 4.88. The quantitative estimate of drug-likeness (QED) is 0.717. The fourth-order valence-electron chi connectivity index (χ4n) is 3.12. The Balaban J connectivity index is 1.77. The van der Waals surface area contributed by atoms with E-state index in [9.17, 15) is 8.42 Å². The summed E-state index contributed by atoms with van der Waals surface area (Å²) in [6.45, 7) is 6.19. The molecule has 0 saturated carbocycles. The SMILES string of the molecule is NCCCCN1CCCN(C2CCS(=O)(=O)C2)CC1. The van der Waals surface area contributed by atoms with E-state index >= 15 is 0 Å². The Kier molecular flexibility index (Phi) is 5.62. The van der Waals surface area contributed by atoms with Crippen molar-refractivity contribution in [2.24, 2.45) is 5.73 Å². The van der Waals surface area contributed by atoms with Crippen molar-refractivity contribution in [3.8, 4) is 0 Å². The Bertz CT molecular complexity index is 372. The normalized spacial score (nSPS) is 29.4. The van der Waals surface area contributed by atoms with Gasteiger partial charge in [0.15, 0.2) is 9.84 Å². The van der Waals surface area contributed by atoms with E-state index in [1.165, 1.54) is 6.42 Å². The van der Waals surface area contributed by atoms with Gasteiger partial charge in [0.25, 0.3) is 0 Å². The highest BCUT2D eigenvalue weighted by molar-refractivity contribution is 7.91. The van der Waals surface area contributed by atoms with E-state index in [0.717, 1.165) is 58.5 Å². The van der Waals surface area contributed by atoms with E-state index < -0.39 is 9.84 Å². The second kappa shape index (κ2) is 7.02. The summed E-state index contributed by atoms with van der Waals surface area (Å²) in [5.41, 5.74) is 5.52. The standard InChI is InChI=1S/C13H27N3O2S/c14-5-1-2-6-15-7-3-8-16(10-9-15)13-4-11-19(17,18)12-13/h13H,1-12,14H2. The summed E-state index contributed by atoms with van der Waals surface area (Å²) in [5.74, 6) is 0.758. The molecule has 6 heteroatoms. The van der Waals surface area contributed by atoms with E-state index in [1.807, 2.05) is 0 Å². The van der Waals surface area contributed by atoms with Gasteiger partial charge in [0.05, 0.1) is 11.5 Å². The molecule has 2 heterocycles. The molecule has 2 N–H and O–H groups in total. The molecule has 0 aliphatic carbocycles. The lowest BCUT2D eigenvalue weighted by Gasteiger charge is -2.26. The van der Waals surface area contributed by atoms with Crippen LogP contribution in [0.3, 0.4) is 0 Å². The molecule has 0 aromatic rings. The number of unbranched alkanes of at least 4 members (excludes halogenated alkanes) is 1. The molecule has 0 spiro atoms. The molecule has 2 aliphatic rings. The van der Waals surface area contributed by atoms with Crippen molar-refractivity contribution in [2.45, 2.75) is 31.7 Å². The molecule has 1 unspecified atom stereocenters. The Morgan fingerprint density at radius 1 is 1.11 bits per heavy atom. The lowest BCUT2D eigenvalue weighted by Crippen LogP contribution is -2.39. The molecule has 0 aromatic heterocycles. The predicted octanol–water partition coefficient (Wildman–Crippen LogP) is -0.0799. The smallest absolute Gasteiger partial charge is 0.151 e. The number of hydrogen-bond donors (Lipinski definition) is 1. The zero-order valence-electron chi connectivity index (χ0n) is 11.8. The topological polar surface area (TPSA) is 66.6 Å². The Labute approximate surface area is 117 Å². The first-order valence-electron chi connectivity index (χ1n) is 7.47. The maximum Gasteiger partial charge on any atom is 0.151 e. The van der Waals surface area contributed by atoms with Gasteiger partial charge in [0, 0.05) is 19.1 Å². The van der Waals surface area contributed by atoms with Crippen molar-refractivity contribution < 1.29 is 8.42 Å². The molecular weight excluding hydrogens is 262 g/mol. The monoisotopic (exact) mass is 289 g/mol. The van der Waals surface area contributed by atoms with Crippen LogP contribution in [0.2, 0.25) is 0 Å². The average molecular weight is 289 g/mol. The minimum atomic E-state index is -2.76. The molecule has 2 fully saturated rings. The second-order valence-electron chi connectivity index (χ2n) is 5.78. The molecule has 112 valence electrons. The summed E-state index contributed by atoms with van der Waals surface area (Å²) in [6, 6.07) is 0.272.